The van der Waals surface area contributed by atoms with E-state index in [0.717, 1.165) is 77.0 Å². The van der Waals surface area contributed by atoms with Crippen molar-refractivity contribution in [2.24, 2.45) is 5.73 Å². The maximum absolute atomic E-state index is 12.7. The van der Waals surface area contributed by atoms with Gasteiger partial charge in [0, 0.05) is 13.0 Å². The summed E-state index contributed by atoms with van der Waals surface area (Å²) in [5.41, 5.74) is 5.38. The molecule has 0 fully saturated rings. The molecule has 68 heavy (non-hydrogen) atoms. The summed E-state index contributed by atoms with van der Waals surface area (Å²) >= 11 is 0. The summed E-state index contributed by atoms with van der Waals surface area (Å²) in [5.74, 6) is -1.78. The highest BCUT2D eigenvalue weighted by Crippen LogP contribution is 2.43. The minimum Gasteiger partial charge on any atom is -0.480 e. The van der Waals surface area contributed by atoms with Crippen LogP contribution in [0, 0.1) is 0 Å². The number of phosphoric acid groups is 1. The summed E-state index contributed by atoms with van der Waals surface area (Å²) in [5, 5.41) is 8.95. The first-order chi connectivity index (χ1) is 33.2. The number of ether oxygens (including phenoxy) is 2. The largest absolute Gasteiger partial charge is 0.480 e. The van der Waals surface area contributed by atoms with Crippen molar-refractivity contribution < 1.29 is 42.7 Å². The van der Waals surface area contributed by atoms with Gasteiger partial charge in [-0.3, -0.25) is 18.6 Å². The fourth-order valence-corrected chi connectivity index (χ4v) is 8.59. The molecule has 0 aliphatic heterocycles. The predicted molar refractivity (Wildman–Crippen MR) is 286 cm³/mol. The molecule has 0 amide bonds. The molecule has 3 unspecified atom stereocenters. The summed E-state index contributed by atoms with van der Waals surface area (Å²) in [4.78, 5) is 33.8. The van der Waals surface area contributed by atoms with Gasteiger partial charge in [-0.1, -0.05) is 248 Å². The van der Waals surface area contributed by atoms with E-state index in [1.807, 2.05) is 0 Å². The van der Waals surface area contributed by atoms with Crippen LogP contribution in [0.3, 0.4) is 0 Å². The molecular weight excluding hydrogens is 874 g/mol. The van der Waals surface area contributed by atoms with Crippen molar-refractivity contribution in [3.8, 4) is 0 Å². The normalized spacial score (nSPS) is 14.1. The van der Waals surface area contributed by atoms with Crippen LogP contribution >= 0.6 is 7.82 Å². The van der Waals surface area contributed by atoms with E-state index in [1.165, 1.54) is 148 Å². The minimum absolute atomic E-state index is 0.0132. The number of unbranched alkanes of at least 4 members (excludes halogenated alkanes) is 29. The van der Waals surface area contributed by atoms with E-state index in [4.69, 9.17) is 29.4 Å². The first kappa shape index (κ1) is 65.7. The first-order valence-electron chi connectivity index (χ1n) is 27.8. The third kappa shape index (κ3) is 51.5. The summed E-state index contributed by atoms with van der Waals surface area (Å²) in [6.45, 7) is 3.80. The fraction of sp³-hybridized carbons (Fsp3) is 0.789. The van der Waals surface area contributed by atoms with Crippen LogP contribution in [0.4, 0.5) is 0 Å². The molecule has 3 atom stereocenters. The van der Waals surface area contributed by atoms with Crippen molar-refractivity contribution >= 4 is 19.8 Å². The zero-order chi connectivity index (χ0) is 49.7. The Morgan fingerprint density at radius 1 is 0.485 bits per heavy atom. The Morgan fingerprint density at radius 2 is 0.853 bits per heavy atom. The topological polar surface area (TPSA) is 155 Å². The molecule has 0 heterocycles. The molecule has 0 rings (SSSR count). The Labute approximate surface area is 417 Å². The number of hydrogen-bond acceptors (Lipinski definition) is 8. The highest BCUT2D eigenvalue weighted by molar-refractivity contribution is 7.47. The van der Waals surface area contributed by atoms with Crippen LogP contribution in [0.1, 0.15) is 251 Å². The van der Waals surface area contributed by atoms with Gasteiger partial charge in [-0.2, -0.15) is 0 Å². The minimum atomic E-state index is -4.63. The third-order valence-corrected chi connectivity index (χ3v) is 13.0. The maximum atomic E-state index is 12.7. The highest BCUT2D eigenvalue weighted by Gasteiger charge is 2.27. The second kappa shape index (κ2) is 52.5. The van der Waals surface area contributed by atoms with Gasteiger partial charge in [-0.25, -0.2) is 4.57 Å². The fourth-order valence-electron chi connectivity index (χ4n) is 7.81. The maximum Gasteiger partial charge on any atom is 0.472 e. The average Bonchev–Trinajstić information content (AvgIpc) is 3.32. The predicted octanol–water partition coefficient (Wildman–Crippen LogP) is 16.7. The highest BCUT2D eigenvalue weighted by atomic mass is 31.2. The van der Waals surface area contributed by atoms with E-state index in [2.05, 4.69) is 74.6 Å². The Hall–Kier alpha value is -2.33. The van der Waals surface area contributed by atoms with E-state index in [-0.39, 0.29) is 13.0 Å². The van der Waals surface area contributed by atoms with Gasteiger partial charge >= 0.3 is 19.8 Å². The number of rotatable bonds is 53. The van der Waals surface area contributed by atoms with Crippen molar-refractivity contribution in [2.45, 2.75) is 264 Å². The van der Waals surface area contributed by atoms with Crippen LogP contribution in [0.25, 0.3) is 0 Å². The molecule has 0 aromatic rings. The van der Waals surface area contributed by atoms with Gasteiger partial charge in [0.2, 0.25) is 0 Å². The molecule has 0 saturated heterocycles. The van der Waals surface area contributed by atoms with Gasteiger partial charge in [-0.05, 0) is 57.8 Å². The van der Waals surface area contributed by atoms with Gasteiger partial charge in [0.05, 0.1) is 19.8 Å². The number of hydrogen-bond donors (Lipinski definition) is 3. The van der Waals surface area contributed by atoms with E-state index < -0.39 is 45.1 Å². The smallest absolute Gasteiger partial charge is 0.472 e. The lowest BCUT2D eigenvalue weighted by Gasteiger charge is -2.20. The van der Waals surface area contributed by atoms with Gasteiger partial charge in [0.15, 0.2) is 0 Å². The lowest BCUT2D eigenvalue weighted by Crippen LogP contribution is -2.34. The molecule has 11 heteroatoms. The SMILES string of the molecule is CC/C=C\C/C=C\C/C=C\C/C=C\C/C=C\CCCCCCCCCC(=O)OC(COCCCCCCCCCCCCCCCCCCCCCCCCC)COP(=O)(O)OCC(N)C(=O)O. The molecule has 0 aliphatic rings. The molecule has 0 saturated carbocycles. The number of carboxylic acids is 1. The zero-order valence-corrected chi connectivity index (χ0v) is 44.6. The molecular formula is C57H104NO9P. The van der Waals surface area contributed by atoms with Crippen LogP contribution in [0.5, 0.6) is 0 Å². The second-order valence-corrected chi connectivity index (χ2v) is 20.1. The monoisotopic (exact) mass is 978 g/mol. The number of carbonyl (C=O) groups is 2. The van der Waals surface area contributed by atoms with Crippen molar-refractivity contribution in [1.82, 2.24) is 0 Å². The van der Waals surface area contributed by atoms with Crippen molar-refractivity contribution in [3.63, 3.8) is 0 Å². The number of carbonyl (C=O) groups excluding carboxylic acids is 1. The second-order valence-electron chi connectivity index (χ2n) is 18.7. The van der Waals surface area contributed by atoms with Gasteiger partial charge in [0.1, 0.15) is 12.1 Å². The number of phosphoric ester groups is 1. The Morgan fingerprint density at radius 3 is 1.28 bits per heavy atom. The van der Waals surface area contributed by atoms with Crippen LogP contribution in [0.2, 0.25) is 0 Å². The van der Waals surface area contributed by atoms with Crippen LogP contribution < -0.4 is 5.73 Å². The Kier molecular flexibility index (Phi) is 50.7. The third-order valence-electron chi connectivity index (χ3n) is 12.1. The van der Waals surface area contributed by atoms with Crippen LogP contribution in [-0.4, -0.2) is 60.5 Å². The van der Waals surface area contributed by atoms with Gasteiger partial charge in [-0.15, -0.1) is 0 Å². The number of aliphatic carboxylic acids is 1. The molecule has 10 nitrogen and oxygen atoms in total. The summed E-state index contributed by atoms with van der Waals surface area (Å²) in [6, 6.07) is -1.48. The van der Waals surface area contributed by atoms with Crippen LogP contribution in [0.15, 0.2) is 60.8 Å². The Balaban J connectivity index is 4.11. The molecule has 0 spiro atoms. The quantitative estimate of drug-likeness (QED) is 0.0232. The van der Waals surface area contributed by atoms with Crippen molar-refractivity contribution in [3.05, 3.63) is 60.8 Å². The van der Waals surface area contributed by atoms with Gasteiger partial charge in [0.25, 0.3) is 0 Å². The summed E-state index contributed by atoms with van der Waals surface area (Å²) < 4.78 is 33.6. The summed E-state index contributed by atoms with van der Waals surface area (Å²) in [7, 11) is -4.63. The van der Waals surface area contributed by atoms with Crippen molar-refractivity contribution in [2.75, 3.05) is 26.4 Å². The van der Waals surface area contributed by atoms with Crippen molar-refractivity contribution in [1.29, 1.82) is 0 Å². The number of esters is 1. The lowest BCUT2D eigenvalue weighted by atomic mass is 10.0. The number of allylic oxidation sites excluding steroid dienone is 10. The number of nitrogens with two attached hydrogens (primary N) is 1. The molecule has 0 radical (unpaired) electrons. The molecule has 4 N–H and O–H groups in total. The average molecular weight is 978 g/mol. The van der Waals surface area contributed by atoms with E-state index >= 15 is 0 Å². The summed E-state index contributed by atoms with van der Waals surface area (Å²) in [6.07, 6.45) is 65.7. The molecule has 0 aromatic heterocycles. The van der Waals surface area contributed by atoms with E-state index in [1.54, 1.807) is 0 Å². The molecule has 396 valence electrons. The molecule has 0 aliphatic carbocycles. The number of carboxylic acid groups (broad SMARTS) is 1. The van der Waals surface area contributed by atoms with E-state index in [0.29, 0.717) is 13.0 Å². The van der Waals surface area contributed by atoms with Gasteiger partial charge < -0.3 is 25.2 Å². The Bertz CT molecular complexity index is 1320. The molecule has 0 bridgehead atoms. The lowest BCUT2D eigenvalue weighted by molar-refractivity contribution is -0.154. The van der Waals surface area contributed by atoms with E-state index in [9.17, 15) is 19.0 Å². The first-order valence-corrected chi connectivity index (χ1v) is 29.3. The standard InChI is InChI=1S/C57H104NO9P/c1-3-5-7-9-11-13-15-17-19-21-23-25-27-29-31-33-35-37-39-41-43-45-47-49-56(59)67-54(52-65-68(62,63)66-53-55(58)57(60)61)51-64-50-48-46-44-42-40-38-36-34-32-30-28-26-24-22-20-18-16-14-12-10-8-6-4-2/h5,7,11,13,17,19,23,25,29,31,54-55H,3-4,6,8-10,12,14-16,18,20-22,24,26-28,30,32-53,58H2,1-2H3,(H,60,61)(H,62,63)/b7-5-,13-11-,19-17-,25-23-,31-29-. The zero-order valence-electron chi connectivity index (χ0n) is 43.7. The molecule has 0 aromatic carbocycles. The van der Waals surface area contributed by atoms with Crippen LogP contribution in [-0.2, 0) is 32.7 Å².